The van der Waals surface area contributed by atoms with Crippen molar-refractivity contribution >= 4 is 25.5 Å². The maximum absolute atomic E-state index is 11.9. The molecule has 5 nitrogen and oxygen atoms in total. The number of ketones is 1. The number of benzene rings is 1. The van der Waals surface area contributed by atoms with E-state index >= 15 is 0 Å². The fraction of sp³-hybridized carbons (Fsp3) is 0.333. The van der Waals surface area contributed by atoms with E-state index in [4.69, 9.17) is 20.6 Å². The molecule has 0 unspecified atom stereocenters. The zero-order valence-electron chi connectivity index (χ0n) is 10.4. The van der Waals surface area contributed by atoms with Gasteiger partial charge in [-0.1, -0.05) is 0 Å². The Kier molecular flexibility index (Phi) is 5.68. The minimum absolute atomic E-state index is 0.0269. The summed E-state index contributed by atoms with van der Waals surface area (Å²) in [5.41, 5.74) is 5.85. The third kappa shape index (κ3) is 4.05. The number of carbonyl (C=O) groups excluding carboxylic acids is 1. The number of carbonyl (C=O) groups is 1. The molecule has 0 aliphatic heterocycles. The second kappa shape index (κ2) is 7.03. The van der Waals surface area contributed by atoms with Crippen LogP contribution in [0.25, 0.3) is 0 Å². The number of methoxy groups -OCH3 is 2. The van der Waals surface area contributed by atoms with Crippen molar-refractivity contribution in [1.29, 1.82) is 5.41 Å². The van der Waals surface area contributed by atoms with Crippen molar-refractivity contribution in [2.75, 3.05) is 14.2 Å². The Balaban J connectivity index is 2.71. The Hall–Kier alpha value is -1.52. The molecule has 0 amide bonds. The Morgan fingerprint density at radius 1 is 1.33 bits per heavy atom. The number of amidine groups is 1. The van der Waals surface area contributed by atoms with Gasteiger partial charge in [0.2, 0.25) is 0 Å². The molecule has 0 atom stereocenters. The summed E-state index contributed by atoms with van der Waals surface area (Å²) >= 11 is -0.0911. The van der Waals surface area contributed by atoms with E-state index in [0.717, 1.165) is 0 Å². The van der Waals surface area contributed by atoms with Crippen LogP contribution in [-0.4, -0.2) is 39.7 Å². The van der Waals surface area contributed by atoms with E-state index in [2.05, 4.69) is 0 Å². The second-order valence-electron chi connectivity index (χ2n) is 3.46. The molecule has 6 heteroatoms. The topological polar surface area (TPSA) is 85.4 Å². The first-order valence-electron chi connectivity index (χ1n) is 5.30. The van der Waals surface area contributed by atoms with Crippen molar-refractivity contribution in [3.63, 3.8) is 0 Å². The van der Waals surface area contributed by atoms with Crippen molar-refractivity contribution in [3.05, 3.63) is 23.8 Å². The molecule has 0 aromatic heterocycles. The van der Waals surface area contributed by atoms with Crippen LogP contribution >= 0.6 is 0 Å². The van der Waals surface area contributed by atoms with Gasteiger partial charge in [0, 0.05) is 0 Å². The van der Waals surface area contributed by atoms with Crippen molar-refractivity contribution in [3.8, 4) is 11.5 Å². The fourth-order valence-corrected chi connectivity index (χ4v) is 2.47. The summed E-state index contributed by atoms with van der Waals surface area (Å²) < 4.78 is 10.4. The van der Waals surface area contributed by atoms with Crippen LogP contribution in [0.15, 0.2) is 18.2 Å². The van der Waals surface area contributed by atoms with Gasteiger partial charge >= 0.3 is 112 Å². The molecule has 0 bridgehead atoms. The molecule has 0 aliphatic carbocycles. The van der Waals surface area contributed by atoms with Crippen LogP contribution < -0.4 is 15.2 Å². The number of nitrogens with one attached hydrogen (secondary N) is 1. The summed E-state index contributed by atoms with van der Waals surface area (Å²) in [4.78, 5) is 11.9. The van der Waals surface area contributed by atoms with Gasteiger partial charge in [-0.15, -0.1) is 0 Å². The molecule has 0 saturated carbocycles. The van der Waals surface area contributed by atoms with Crippen LogP contribution in [0.5, 0.6) is 11.5 Å². The zero-order chi connectivity index (χ0) is 13.5. The second-order valence-corrected chi connectivity index (χ2v) is 5.84. The van der Waals surface area contributed by atoms with Gasteiger partial charge in [-0.25, -0.2) is 0 Å². The first kappa shape index (κ1) is 14.5. The maximum atomic E-state index is 11.9. The van der Waals surface area contributed by atoms with Gasteiger partial charge in [0.1, 0.15) is 0 Å². The summed E-state index contributed by atoms with van der Waals surface area (Å²) in [5, 5.41) is 7.77. The first-order valence-corrected chi connectivity index (χ1v) is 7.37. The molecule has 0 fully saturated rings. The Morgan fingerprint density at radius 3 is 2.56 bits per heavy atom. The number of nitrogens with two attached hydrogens (primary N) is 1. The molecule has 1 aromatic rings. The van der Waals surface area contributed by atoms with E-state index in [0.29, 0.717) is 28.8 Å². The predicted octanol–water partition coefficient (Wildman–Crippen LogP) is 1.29. The quantitative estimate of drug-likeness (QED) is 0.344. The third-order valence-electron chi connectivity index (χ3n) is 2.29. The van der Waals surface area contributed by atoms with E-state index in [1.54, 1.807) is 25.3 Å². The van der Waals surface area contributed by atoms with E-state index < -0.39 is 0 Å². The number of hydrogen-bond donors (Lipinski definition) is 2. The van der Waals surface area contributed by atoms with Gasteiger partial charge in [-0.3, -0.25) is 0 Å². The average Bonchev–Trinajstić information content (AvgIpc) is 2.37. The monoisotopic (exact) mass is 316 g/mol. The average molecular weight is 315 g/mol. The van der Waals surface area contributed by atoms with Crippen molar-refractivity contribution in [2.24, 2.45) is 5.73 Å². The SMILES string of the molecule is COc1ccc(C(=O)CC[Se]C(=N)N)cc1OC. The van der Waals surface area contributed by atoms with Crippen molar-refractivity contribution < 1.29 is 14.3 Å². The molecule has 0 saturated heterocycles. The molecule has 0 spiro atoms. The van der Waals surface area contributed by atoms with Crippen LogP contribution in [-0.2, 0) is 0 Å². The predicted molar refractivity (Wildman–Crippen MR) is 71.0 cm³/mol. The number of rotatable bonds is 7. The van der Waals surface area contributed by atoms with Gasteiger partial charge in [0.15, 0.2) is 0 Å². The summed E-state index contributed by atoms with van der Waals surface area (Å²) in [6.07, 6.45) is 0.398. The molecule has 18 heavy (non-hydrogen) atoms. The summed E-state index contributed by atoms with van der Waals surface area (Å²) in [7, 11) is 3.08. The van der Waals surface area contributed by atoms with E-state index in [9.17, 15) is 4.79 Å². The van der Waals surface area contributed by atoms with E-state index in [-0.39, 0.29) is 25.5 Å². The molecule has 98 valence electrons. The molecule has 3 N–H and O–H groups in total. The molecular formula is C12H16N2O3Se. The fourth-order valence-electron chi connectivity index (χ4n) is 1.41. The Morgan fingerprint density at radius 2 is 2.00 bits per heavy atom. The van der Waals surface area contributed by atoms with Gasteiger partial charge in [-0.05, 0) is 0 Å². The van der Waals surface area contributed by atoms with Crippen LogP contribution in [0.3, 0.4) is 0 Å². The summed E-state index contributed by atoms with van der Waals surface area (Å²) in [6.45, 7) is 0. The van der Waals surface area contributed by atoms with Crippen LogP contribution in [0, 0.1) is 5.41 Å². The van der Waals surface area contributed by atoms with Crippen LogP contribution in [0.2, 0.25) is 5.32 Å². The summed E-state index contributed by atoms with van der Waals surface area (Å²) in [5.74, 6) is 1.17. The van der Waals surface area contributed by atoms with E-state index in [1.165, 1.54) is 7.11 Å². The number of hydrogen-bond acceptors (Lipinski definition) is 4. The van der Waals surface area contributed by atoms with Crippen molar-refractivity contribution in [1.82, 2.24) is 0 Å². The molecule has 0 radical (unpaired) electrons. The molecule has 1 rings (SSSR count). The van der Waals surface area contributed by atoms with Gasteiger partial charge in [0.25, 0.3) is 0 Å². The van der Waals surface area contributed by atoms with Crippen LogP contribution in [0.1, 0.15) is 16.8 Å². The van der Waals surface area contributed by atoms with Gasteiger partial charge in [-0.2, -0.15) is 0 Å². The molecule has 0 heterocycles. The van der Waals surface area contributed by atoms with Crippen molar-refractivity contribution in [2.45, 2.75) is 11.7 Å². The Bertz CT molecular complexity index is 449. The Labute approximate surface area is 112 Å². The van der Waals surface area contributed by atoms with Gasteiger partial charge in [0.05, 0.1) is 0 Å². The molecule has 0 aliphatic rings. The number of Topliss-reactive ketones (excluding diaryl/α,β-unsaturated/α-hetero) is 1. The number of ether oxygens (including phenoxy) is 2. The summed E-state index contributed by atoms with van der Waals surface area (Å²) in [6, 6.07) is 5.09. The van der Waals surface area contributed by atoms with Gasteiger partial charge < -0.3 is 0 Å². The molecule has 1 aromatic carbocycles. The van der Waals surface area contributed by atoms with E-state index in [1.807, 2.05) is 0 Å². The standard InChI is InChI=1S/C12H16N2O3Se/c1-16-10-4-3-8(7-11(10)17-2)9(15)5-6-18-12(13)14/h3-4,7H,5-6H2,1-2H3,(H3,13,14). The minimum atomic E-state index is -0.0911. The van der Waals surface area contributed by atoms with Crippen LogP contribution in [0.4, 0.5) is 0 Å². The third-order valence-corrected chi connectivity index (χ3v) is 3.80. The zero-order valence-corrected chi connectivity index (χ0v) is 12.1. The normalized spacial score (nSPS) is 9.89. The first-order chi connectivity index (χ1) is 8.58. The molecular weight excluding hydrogens is 299 g/mol.